The number of hydrogen-bond donors (Lipinski definition) is 2. The summed E-state index contributed by atoms with van der Waals surface area (Å²) in [7, 11) is 0. The number of nitrogens with one attached hydrogen (secondary N) is 1. The van der Waals surface area contributed by atoms with Crippen LogP contribution in [0.1, 0.15) is 37.8 Å². The molecule has 1 aliphatic rings. The highest BCUT2D eigenvalue weighted by Crippen LogP contribution is 2.14. The molecule has 3 N–H and O–H groups in total. The van der Waals surface area contributed by atoms with Gasteiger partial charge in [-0.05, 0) is 19.8 Å². The standard InChI is InChI=1S/C13H22N6/c1-10(2)8-15-13(14)16-9-12-18-17-11-6-4-3-5-7-19(11)12/h1,3-9H2,2H3,(H3,14,15,16). The van der Waals surface area contributed by atoms with E-state index in [0.29, 0.717) is 19.0 Å². The van der Waals surface area contributed by atoms with E-state index in [-0.39, 0.29) is 0 Å². The van der Waals surface area contributed by atoms with Gasteiger partial charge in [-0.2, -0.15) is 0 Å². The average molecular weight is 262 g/mol. The van der Waals surface area contributed by atoms with Crippen molar-refractivity contribution in [3.05, 3.63) is 23.8 Å². The maximum absolute atomic E-state index is 5.79. The quantitative estimate of drug-likeness (QED) is 0.481. The van der Waals surface area contributed by atoms with E-state index in [4.69, 9.17) is 5.73 Å². The van der Waals surface area contributed by atoms with Crippen molar-refractivity contribution in [1.29, 1.82) is 0 Å². The summed E-state index contributed by atoms with van der Waals surface area (Å²) < 4.78 is 2.18. The highest BCUT2D eigenvalue weighted by Gasteiger charge is 2.13. The van der Waals surface area contributed by atoms with Crippen molar-refractivity contribution in [3.63, 3.8) is 0 Å². The van der Waals surface area contributed by atoms with E-state index in [1.165, 1.54) is 19.3 Å². The maximum atomic E-state index is 5.79. The number of fused-ring (bicyclic) bond motifs is 1. The number of guanidine groups is 1. The summed E-state index contributed by atoms with van der Waals surface area (Å²) in [5.41, 5.74) is 6.81. The SMILES string of the molecule is C=C(C)CNC(N)=NCc1nnc2n1CCCCC2. The van der Waals surface area contributed by atoms with Gasteiger partial charge in [0.1, 0.15) is 12.4 Å². The fraction of sp³-hybridized carbons (Fsp3) is 0.615. The normalized spacial score (nSPS) is 15.7. The van der Waals surface area contributed by atoms with Crippen LogP contribution >= 0.6 is 0 Å². The van der Waals surface area contributed by atoms with Gasteiger partial charge >= 0.3 is 0 Å². The van der Waals surface area contributed by atoms with Gasteiger partial charge in [0.25, 0.3) is 0 Å². The van der Waals surface area contributed by atoms with E-state index < -0.39 is 0 Å². The van der Waals surface area contributed by atoms with Crippen molar-refractivity contribution in [2.75, 3.05) is 6.54 Å². The van der Waals surface area contributed by atoms with Crippen molar-refractivity contribution in [2.24, 2.45) is 10.7 Å². The molecule has 6 nitrogen and oxygen atoms in total. The summed E-state index contributed by atoms with van der Waals surface area (Å²) in [5, 5.41) is 11.5. The van der Waals surface area contributed by atoms with Crippen molar-refractivity contribution in [3.8, 4) is 0 Å². The summed E-state index contributed by atoms with van der Waals surface area (Å²) >= 11 is 0. The van der Waals surface area contributed by atoms with Crippen LogP contribution in [-0.2, 0) is 19.5 Å². The van der Waals surface area contributed by atoms with Gasteiger partial charge < -0.3 is 15.6 Å². The van der Waals surface area contributed by atoms with E-state index in [1.807, 2.05) is 6.92 Å². The molecule has 0 atom stereocenters. The highest BCUT2D eigenvalue weighted by atomic mass is 15.3. The Kier molecular flexibility index (Phi) is 4.54. The molecule has 0 spiro atoms. The van der Waals surface area contributed by atoms with Gasteiger partial charge in [0.05, 0.1) is 0 Å². The monoisotopic (exact) mass is 262 g/mol. The molecule has 0 unspecified atom stereocenters. The molecule has 2 heterocycles. The van der Waals surface area contributed by atoms with Gasteiger partial charge in [0.2, 0.25) is 0 Å². The van der Waals surface area contributed by atoms with Crippen molar-refractivity contribution < 1.29 is 0 Å². The Hall–Kier alpha value is -1.85. The summed E-state index contributed by atoms with van der Waals surface area (Å²) in [5.74, 6) is 2.40. The average Bonchev–Trinajstić information content (AvgIpc) is 2.61. The topological polar surface area (TPSA) is 81.1 Å². The second kappa shape index (κ2) is 6.36. The molecule has 0 bridgehead atoms. The fourth-order valence-electron chi connectivity index (χ4n) is 2.12. The van der Waals surface area contributed by atoms with Crippen LogP contribution in [0, 0.1) is 0 Å². The third-order valence-electron chi connectivity index (χ3n) is 3.15. The Morgan fingerprint density at radius 3 is 3.05 bits per heavy atom. The van der Waals surface area contributed by atoms with Crippen LogP contribution in [0.2, 0.25) is 0 Å². The molecular formula is C13H22N6. The Morgan fingerprint density at radius 2 is 2.26 bits per heavy atom. The van der Waals surface area contributed by atoms with E-state index in [9.17, 15) is 0 Å². The predicted molar refractivity (Wildman–Crippen MR) is 75.7 cm³/mol. The van der Waals surface area contributed by atoms with Gasteiger partial charge in [-0.1, -0.05) is 18.6 Å². The molecule has 19 heavy (non-hydrogen) atoms. The van der Waals surface area contributed by atoms with E-state index >= 15 is 0 Å². The smallest absolute Gasteiger partial charge is 0.189 e. The molecule has 0 radical (unpaired) electrons. The third kappa shape index (κ3) is 3.81. The number of nitrogens with zero attached hydrogens (tertiary/aromatic N) is 4. The Labute approximate surface area is 113 Å². The first kappa shape index (κ1) is 13.6. The molecule has 0 saturated carbocycles. The lowest BCUT2D eigenvalue weighted by atomic mass is 10.2. The van der Waals surface area contributed by atoms with Crippen molar-refractivity contribution in [1.82, 2.24) is 20.1 Å². The molecule has 1 aromatic rings. The van der Waals surface area contributed by atoms with Crippen LogP contribution in [0.5, 0.6) is 0 Å². The minimum atomic E-state index is 0.425. The van der Waals surface area contributed by atoms with Gasteiger partial charge in [0, 0.05) is 19.5 Å². The number of rotatable bonds is 4. The lowest BCUT2D eigenvalue weighted by Gasteiger charge is -2.06. The Bertz CT molecular complexity index is 473. The van der Waals surface area contributed by atoms with Gasteiger partial charge in [-0.25, -0.2) is 4.99 Å². The molecule has 104 valence electrons. The minimum absolute atomic E-state index is 0.425. The highest BCUT2D eigenvalue weighted by molar-refractivity contribution is 5.77. The summed E-state index contributed by atoms with van der Waals surface area (Å²) in [6, 6.07) is 0. The van der Waals surface area contributed by atoms with Crippen LogP contribution in [0.25, 0.3) is 0 Å². The maximum Gasteiger partial charge on any atom is 0.189 e. The number of nitrogens with two attached hydrogens (primary N) is 1. The zero-order valence-corrected chi connectivity index (χ0v) is 11.5. The molecule has 1 aromatic heterocycles. The van der Waals surface area contributed by atoms with Crippen LogP contribution < -0.4 is 11.1 Å². The Balaban J connectivity index is 1.97. The second-order valence-corrected chi connectivity index (χ2v) is 5.01. The molecule has 0 fully saturated rings. The molecule has 1 aliphatic heterocycles. The van der Waals surface area contributed by atoms with Crippen molar-refractivity contribution >= 4 is 5.96 Å². The predicted octanol–water partition coefficient (Wildman–Crippen LogP) is 0.985. The van der Waals surface area contributed by atoms with Crippen molar-refractivity contribution in [2.45, 2.75) is 45.7 Å². The molecule has 0 amide bonds. The summed E-state index contributed by atoms with van der Waals surface area (Å²) in [6.45, 7) is 7.86. The van der Waals surface area contributed by atoms with Crippen LogP contribution in [-0.4, -0.2) is 27.3 Å². The molecule has 0 aliphatic carbocycles. The van der Waals surface area contributed by atoms with E-state index in [2.05, 4.69) is 31.7 Å². The molecule has 6 heteroatoms. The van der Waals surface area contributed by atoms with Crippen LogP contribution in [0.4, 0.5) is 0 Å². The summed E-state index contributed by atoms with van der Waals surface area (Å²) in [6.07, 6.45) is 4.66. The van der Waals surface area contributed by atoms with Gasteiger partial charge in [-0.15, -0.1) is 10.2 Å². The zero-order valence-electron chi connectivity index (χ0n) is 11.5. The van der Waals surface area contributed by atoms with Crippen LogP contribution in [0.3, 0.4) is 0 Å². The second-order valence-electron chi connectivity index (χ2n) is 5.01. The van der Waals surface area contributed by atoms with E-state index in [1.54, 1.807) is 0 Å². The first-order valence-corrected chi connectivity index (χ1v) is 6.76. The Morgan fingerprint density at radius 1 is 1.42 bits per heavy atom. The number of hydrogen-bond acceptors (Lipinski definition) is 3. The number of aliphatic imine (C=N–C) groups is 1. The van der Waals surface area contributed by atoms with Gasteiger partial charge in [-0.3, -0.25) is 0 Å². The largest absolute Gasteiger partial charge is 0.370 e. The lowest BCUT2D eigenvalue weighted by Crippen LogP contribution is -2.32. The number of aryl methyl sites for hydroxylation is 1. The third-order valence-corrected chi connectivity index (χ3v) is 3.15. The first-order chi connectivity index (χ1) is 9.16. The molecule has 0 aromatic carbocycles. The zero-order chi connectivity index (χ0) is 13.7. The fourth-order valence-corrected chi connectivity index (χ4v) is 2.12. The first-order valence-electron chi connectivity index (χ1n) is 6.76. The molecule has 0 saturated heterocycles. The lowest BCUT2D eigenvalue weighted by molar-refractivity contribution is 0.606. The van der Waals surface area contributed by atoms with Gasteiger partial charge in [0.15, 0.2) is 11.8 Å². The number of aromatic nitrogens is 3. The molecule has 2 rings (SSSR count). The minimum Gasteiger partial charge on any atom is -0.370 e. The van der Waals surface area contributed by atoms with E-state index in [0.717, 1.165) is 30.2 Å². The van der Waals surface area contributed by atoms with Crippen LogP contribution in [0.15, 0.2) is 17.1 Å². The molecular weight excluding hydrogens is 240 g/mol. The summed E-state index contributed by atoms with van der Waals surface area (Å²) in [4.78, 5) is 4.30.